The van der Waals surface area contributed by atoms with Crippen molar-refractivity contribution >= 4 is 5.91 Å². The third kappa shape index (κ3) is 2.79. The predicted molar refractivity (Wildman–Crippen MR) is 110 cm³/mol. The molecule has 1 aliphatic heterocycles. The van der Waals surface area contributed by atoms with Gasteiger partial charge in [0, 0.05) is 18.5 Å². The van der Waals surface area contributed by atoms with Crippen molar-refractivity contribution in [3.8, 4) is 0 Å². The van der Waals surface area contributed by atoms with Crippen LogP contribution >= 0.6 is 0 Å². The van der Waals surface area contributed by atoms with Crippen molar-refractivity contribution in [1.29, 1.82) is 0 Å². The third-order valence-electron chi connectivity index (χ3n) is 7.46. The van der Waals surface area contributed by atoms with Gasteiger partial charge in [0.05, 0.1) is 11.5 Å². The summed E-state index contributed by atoms with van der Waals surface area (Å²) in [5, 5.41) is 11.7. The smallest absolute Gasteiger partial charge is 0.230 e. The molecular weight excluding hydrogens is 346 g/mol. The van der Waals surface area contributed by atoms with E-state index in [2.05, 4.69) is 41.3 Å². The van der Waals surface area contributed by atoms with Gasteiger partial charge in [-0.1, -0.05) is 67.4 Å². The normalized spacial score (nSPS) is 31.9. The molecule has 1 saturated heterocycles. The Hall–Kier alpha value is -2.13. The van der Waals surface area contributed by atoms with Crippen LogP contribution in [0.1, 0.15) is 61.1 Å². The van der Waals surface area contributed by atoms with Crippen LogP contribution in [0, 0.1) is 5.92 Å². The van der Waals surface area contributed by atoms with Crippen molar-refractivity contribution < 1.29 is 9.90 Å². The fourth-order valence-electron chi connectivity index (χ4n) is 6.06. The van der Waals surface area contributed by atoms with Gasteiger partial charge < -0.3 is 10.0 Å². The molecule has 2 aliphatic carbocycles. The number of amides is 1. The molecule has 3 aliphatic rings. The summed E-state index contributed by atoms with van der Waals surface area (Å²) < 4.78 is 0. The minimum absolute atomic E-state index is 0.00157. The summed E-state index contributed by atoms with van der Waals surface area (Å²) in [4.78, 5) is 15.8. The van der Waals surface area contributed by atoms with Crippen molar-refractivity contribution in [2.75, 3.05) is 6.54 Å². The SMILES string of the molecule is O=C(C1CCc2ccccc21)N1CCC(O)(c2ccccc2)[C@@H]2CCCC[C@H]21. The molecule has 28 heavy (non-hydrogen) atoms. The maximum absolute atomic E-state index is 13.6. The van der Waals surface area contributed by atoms with Gasteiger partial charge in [0.25, 0.3) is 0 Å². The molecule has 0 aromatic heterocycles. The van der Waals surface area contributed by atoms with Crippen LogP contribution in [-0.4, -0.2) is 28.5 Å². The molecule has 0 spiro atoms. The molecule has 146 valence electrons. The van der Waals surface area contributed by atoms with E-state index < -0.39 is 5.60 Å². The number of hydrogen-bond donors (Lipinski definition) is 1. The monoisotopic (exact) mass is 375 g/mol. The first kappa shape index (κ1) is 17.9. The summed E-state index contributed by atoms with van der Waals surface area (Å²) in [5.41, 5.74) is 2.77. The van der Waals surface area contributed by atoms with Crippen molar-refractivity contribution in [3.63, 3.8) is 0 Å². The highest BCUT2D eigenvalue weighted by Crippen LogP contribution is 2.48. The molecule has 3 heteroatoms. The van der Waals surface area contributed by atoms with Crippen molar-refractivity contribution in [2.24, 2.45) is 5.92 Å². The number of carbonyl (C=O) groups excluding carboxylic acids is 1. The van der Waals surface area contributed by atoms with Crippen LogP contribution in [0.2, 0.25) is 0 Å². The molecule has 1 N–H and O–H groups in total. The average Bonchev–Trinajstić information content (AvgIpc) is 3.19. The topological polar surface area (TPSA) is 40.5 Å². The summed E-state index contributed by atoms with van der Waals surface area (Å²) in [6, 6.07) is 18.7. The second kappa shape index (κ2) is 7.04. The fourth-order valence-corrected chi connectivity index (χ4v) is 6.06. The maximum Gasteiger partial charge on any atom is 0.230 e. The minimum Gasteiger partial charge on any atom is -0.385 e. The number of piperidine rings is 1. The van der Waals surface area contributed by atoms with Crippen molar-refractivity contribution in [2.45, 2.75) is 62.5 Å². The zero-order valence-electron chi connectivity index (χ0n) is 16.4. The molecule has 2 unspecified atom stereocenters. The Labute approximate surface area is 167 Å². The van der Waals surface area contributed by atoms with Crippen LogP contribution in [0.15, 0.2) is 54.6 Å². The molecule has 2 fully saturated rings. The van der Waals surface area contributed by atoms with Crippen LogP contribution in [0.3, 0.4) is 0 Å². The number of rotatable bonds is 2. The van der Waals surface area contributed by atoms with Crippen molar-refractivity contribution in [3.05, 3.63) is 71.3 Å². The predicted octanol–water partition coefficient (Wildman–Crippen LogP) is 4.40. The fraction of sp³-hybridized carbons (Fsp3) is 0.480. The van der Waals surface area contributed by atoms with E-state index in [1.54, 1.807) is 0 Å². The van der Waals surface area contributed by atoms with Gasteiger partial charge in [-0.05, 0) is 48.8 Å². The Kier molecular flexibility index (Phi) is 4.51. The quantitative estimate of drug-likeness (QED) is 0.845. The zero-order chi connectivity index (χ0) is 19.1. The molecule has 5 rings (SSSR count). The minimum atomic E-state index is -0.809. The third-order valence-corrected chi connectivity index (χ3v) is 7.46. The van der Waals surface area contributed by atoms with Crippen LogP contribution in [0.4, 0.5) is 0 Å². The molecule has 1 amide bonds. The first-order chi connectivity index (χ1) is 13.7. The number of fused-ring (bicyclic) bond motifs is 2. The van der Waals surface area contributed by atoms with E-state index >= 15 is 0 Å². The van der Waals surface area contributed by atoms with E-state index in [4.69, 9.17) is 0 Å². The van der Waals surface area contributed by atoms with Gasteiger partial charge in [-0.2, -0.15) is 0 Å². The summed E-state index contributed by atoms with van der Waals surface area (Å²) >= 11 is 0. The van der Waals surface area contributed by atoms with Crippen LogP contribution in [0.5, 0.6) is 0 Å². The number of benzene rings is 2. The molecule has 0 radical (unpaired) electrons. The molecular formula is C25H29NO2. The number of aliphatic hydroxyl groups is 1. The number of aryl methyl sites for hydroxylation is 1. The summed E-state index contributed by atoms with van der Waals surface area (Å²) in [7, 11) is 0. The number of hydrogen-bond acceptors (Lipinski definition) is 2. The van der Waals surface area contributed by atoms with Gasteiger partial charge in [0.1, 0.15) is 0 Å². The van der Waals surface area contributed by atoms with Gasteiger partial charge in [-0.15, -0.1) is 0 Å². The molecule has 3 nitrogen and oxygen atoms in total. The van der Waals surface area contributed by atoms with Gasteiger partial charge in [-0.3, -0.25) is 4.79 Å². The van der Waals surface area contributed by atoms with Gasteiger partial charge in [-0.25, -0.2) is 0 Å². The highest BCUT2D eigenvalue weighted by Gasteiger charge is 2.51. The lowest BCUT2D eigenvalue weighted by atomic mass is 9.66. The summed E-state index contributed by atoms with van der Waals surface area (Å²) in [5.74, 6) is 0.427. The number of carbonyl (C=O) groups is 1. The Morgan fingerprint density at radius 2 is 1.71 bits per heavy atom. The van der Waals surface area contributed by atoms with Gasteiger partial charge in [0.15, 0.2) is 0 Å². The van der Waals surface area contributed by atoms with Crippen LogP contribution in [-0.2, 0) is 16.8 Å². The van der Waals surface area contributed by atoms with Gasteiger partial charge in [0.2, 0.25) is 5.91 Å². The highest BCUT2D eigenvalue weighted by molar-refractivity contribution is 5.85. The zero-order valence-corrected chi connectivity index (χ0v) is 16.4. The Morgan fingerprint density at radius 3 is 2.57 bits per heavy atom. The average molecular weight is 376 g/mol. The first-order valence-corrected chi connectivity index (χ1v) is 10.8. The molecule has 2 aromatic carbocycles. The lowest BCUT2D eigenvalue weighted by Gasteiger charge is -2.53. The van der Waals surface area contributed by atoms with E-state index in [9.17, 15) is 9.90 Å². The Balaban J connectivity index is 1.44. The highest BCUT2D eigenvalue weighted by atomic mass is 16.3. The lowest BCUT2D eigenvalue weighted by Crippen LogP contribution is -2.59. The largest absolute Gasteiger partial charge is 0.385 e. The lowest BCUT2D eigenvalue weighted by molar-refractivity contribution is -0.156. The Morgan fingerprint density at radius 1 is 0.964 bits per heavy atom. The van der Waals surface area contributed by atoms with Crippen LogP contribution in [0.25, 0.3) is 0 Å². The van der Waals surface area contributed by atoms with E-state index in [-0.39, 0.29) is 23.8 Å². The van der Waals surface area contributed by atoms with E-state index in [0.29, 0.717) is 13.0 Å². The Bertz CT molecular complexity index is 864. The molecule has 1 heterocycles. The van der Waals surface area contributed by atoms with E-state index in [1.165, 1.54) is 11.1 Å². The van der Waals surface area contributed by atoms with Crippen LogP contribution < -0.4 is 0 Å². The first-order valence-electron chi connectivity index (χ1n) is 10.8. The molecule has 0 bridgehead atoms. The molecule has 1 saturated carbocycles. The second-order valence-corrected chi connectivity index (χ2v) is 8.82. The summed E-state index contributed by atoms with van der Waals surface area (Å²) in [6.45, 7) is 0.657. The number of likely N-dealkylation sites (tertiary alicyclic amines) is 1. The standard InChI is InChI=1S/C25H29NO2/c27-24(21-15-14-18-8-4-5-11-20(18)21)26-17-16-25(28,19-9-2-1-3-10-19)22-12-6-7-13-23(22)26/h1-5,8-11,21-23,28H,6-7,12-17H2/t21?,22-,23-,25?/m1/s1. The number of nitrogens with zero attached hydrogens (tertiary/aromatic N) is 1. The molecule has 2 aromatic rings. The molecule has 4 atom stereocenters. The maximum atomic E-state index is 13.6. The van der Waals surface area contributed by atoms with E-state index in [1.807, 2.05) is 18.2 Å². The van der Waals surface area contributed by atoms with Gasteiger partial charge >= 0.3 is 0 Å². The summed E-state index contributed by atoms with van der Waals surface area (Å²) in [6.07, 6.45) is 6.87. The van der Waals surface area contributed by atoms with Crippen molar-refractivity contribution in [1.82, 2.24) is 4.90 Å². The van der Waals surface area contributed by atoms with E-state index in [0.717, 1.165) is 44.1 Å². The second-order valence-electron chi connectivity index (χ2n) is 8.82.